The first-order chi connectivity index (χ1) is 16.3. The Morgan fingerprint density at radius 1 is 1.06 bits per heavy atom. The summed E-state index contributed by atoms with van der Waals surface area (Å²) >= 11 is 0. The Hall–Kier alpha value is -3.75. The second-order valence-corrected chi connectivity index (χ2v) is 9.82. The van der Waals surface area contributed by atoms with E-state index in [2.05, 4.69) is 44.6 Å². The van der Waals surface area contributed by atoms with Crippen molar-refractivity contribution in [3.63, 3.8) is 0 Å². The van der Waals surface area contributed by atoms with Crippen LogP contribution in [0.3, 0.4) is 0 Å². The largest absolute Gasteiger partial charge is 0.368 e. The molecule has 0 aliphatic heterocycles. The highest BCUT2D eigenvalue weighted by Crippen LogP contribution is 2.42. The summed E-state index contributed by atoms with van der Waals surface area (Å²) in [6.07, 6.45) is 8.03. The van der Waals surface area contributed by atoms with Gasteiger partial charge in [0.2, 0.25) is 5.95 Å². The van der Waals surface area contributed by atoms with Crippen LogP contribution in [0.25, 0.3) is 11.4 Å². The molecule has 1 saturated carbocycles. The van der Waals surface area contributed by atoms with Crippen molar-refractivity contribution in [2.75, 3.05) is 11.1 Å². The van der Waals surface area contributed by atoms with Crippen LogP contribution in [0.2, 0.25) is 0 Å². The Bertz CT molecular complexity index is 1240. The maximum atomic E-state index is 13.2. The summed E-state index contributed by atoms with van der Waals surface area (Å²) in [6, 6.07) is 7.20. The maximum Gasteiger partial charge on any atom is 0.273 e. The van der Waals surface area contributed by atoms with Crippen LogP contribution in [-0.2, 0) is 11.8 Å². The number of hydrogen-bond acceptors (Lipinski definition) is 6. The first kappa shape index (κ1) is 22.1. The number of carbonyl (C=O) groups is 2. The lowest BCUT2D eigenvalue weighted by Gasteiger charge is -2.30. The molecule has 2 heterocycles. The molecule has 1 aromatic carbocycles. The van der Waals surface area contributed by atoms with Gasteiger partial charge in [-0.3, -0.25) is 14.7 Å². The quantitative estimate of drug-likeness (QED) is 0.470. The average Bonchev–Trinajstić information content (AvgIpc) is 3.28. The third kappa shape index (κ3) is 4.13. The molecule has 2 aliphatic rings. The van der Waals surface area contributed by atoms with Crippen molar-refractivity contribution in [2.45, 2.75) is 63.8 Å². The van der Waals surface area contributed by atoms with Gasteiger partial charge in [0.15, 0.2) is 0 Å². The van der Waals surface area contributed by atoms with Crippen LogP contribution in [0.15, 0.2) is 30.5 Å². The molecule has 0 atom stereocenters. The summed E-state index contributed by atoms with van der Waals surface area (Å²) in [5.74, 6) is -0.202. The van der Waals surface area contributed by atoms with Crippen LogP contribution in [0.1, 0.15) is 77.9 Å². The minimum Gasteiger partial charge on any atom is -0.368 e. The van der Waals surface area contributed by atoms with E-state index in [1.165, 1.54) is 6.42 Å². The molecule has 34 heavy (non-hydrogen) atoms. The van der Waals surface area contributed by atoms with E-state index >= 15 is 0 Å². The number of aromatic nitrogens is 4. The molecule has 9 heteroatoms. The van der Waals surface area contributed by atoms with E-state index in [0.29, 0.717) is 34.8 Å². The number of H-pyrrole nitrogens is 1. The molecule has 0 bridgehead atoms. The lowest BCUT2D eigenvalue weighted by Crippen LogP contribution is -2.36. The first-order valence-corrected chi connectivity index (χ1v) is 11.7. The van der Waals surface area contributed by atoms with Gasteiger partial charge in [0.1, 0.15) is 11.4 Å². The van der Waals surface area contributed by atoms with Crippen LogP contribution in [0.5, 0.6) is 0 Å². The molecule has 0 radical (unpaired) electrons. The Labute approximate surface area is 198 Å². The van der Waals surface area contributed by atoms with Gasteiger partial charge >= 0.3 is 0 Å². The van der Waals surface area contributed by atoms with E-state index in [-0.39, 0.29) is 29.2 Å². The van der Waals surface area contributed by atoms with E-state index in [9.17, 15) is 9.59 Å². The Balaban J connectivity index is 1.33. The average molecular weight is 460 g/mol. The summed E-state index contributed by atoms with van der Waals surface area (Å²) in [4.78, 5) is 34.2. The third-order valence-electron chi connectivity index (χ3n) is 6.76. The minimum absolute atomic E-state index is 0.0749. The topological polar surface area (TPSA) is 139 Å². The number of carbonyl (C=O) groups excluding carboxylic acids is 2. The summed E-state index contributed by atoms with van der Waals surface area (Å²) in [5, 5.41) is 13.3. The van der Waals surface area contributed by atoms with Crippen molar-refractivity contribution in [1.82, 2.24) is 25.5 Å². The number of aromatic amines is 1. The number of nitrogens with two attached hydrogens (primary N) is 1. The highest BCUT2D eigenvalue weighted by atomic mass is 16.2. The van der Waals surface area contributed by atoms with Gasteiger partial charge < -0.3 is 16.4 Å². The lowest BCUT2D eigenvalue weighted by atomic mass is 9.73. The molecule has 1 fully saturated rings. The molecule has 2 amide bonds. The first-order valence-electron chi connectivity index (χ1n) is 11.7. The van der Waals surface area contributed by atoms with Gasteiger partial charge in [0.25, 0.3) is 11.8 Å². The number of rotatable bonds is 4. The molecule has 176 valence electrons. The fourth-order valence-electron chi connectivity index (χ4n) is 5.07. The van der Waals surface area contributed by atoms with E-state index in [1.807, 2.05) is 0 Å². The number of nitrogens with one attached hydrogen (secondary N) is 3. The van der Waals surface area contributed by atoms with Crippen molar-refractivity contribution in [3.8, 4) is 11.4 Å². The van der Waals surface area contributed by atoms with E-state index in [4.69, 9.17) is 5.73 Å². The van der Waals surface area contributed by atoms with Crippen LogP contribution in [0, 0.1) is 0 Å². The molecule has 0 spiro atoms. The standard InChI is InChI=1S/C25H29N7O2/c1-25(2)12-15-13-27-24(26)30-19(15)20-18(25)21(32-31-20)23(34)29-17-10-8-14(9-11-17)22(33)28-16-6-4-3-5-7-16/h8-11,13,16H,3-7,12H2,1-2H3,(H,28,33)(H,29,34)(H,31,32)(H2,26,27,30). The fraction of sp³-hybridized carbons (Fsp3) is 0.400. The number of fused-ring (bicyclic) bond motifs is 3. The highest BCUT2D eigenvalue weighted by Gasteiger charge is 2.38. The van der Waals surface area contributed by atoms with Crippen LogP contribution >= 0.6 is 0 Å². The Morgan fingerprint density at radius 3 is 2.53 bits per heavy atom. The third-order valence-corrected chi connectivity index (χ3v) is 6.76. The molecule has 9 nitrogen and oxygen atoms in total. The van der Waals surface area contributed by atoms with Crippen LogP contribution < -0.4 is 16.4 Å². The molecule has 3 aromatic rings. The smallest absolute Gasteiger partial charge is 0.273 e. The number of nitrogens with zero attached hydrogens (tertiary/aromatic N) is 3. The summed E-state index contributed by atoms with van der Waals surface area (Å²) in [7, 11) is 0. The number of anilines is 2. The molecule has 5 rings (SSSR count). The molecule has 2 aromatic heterocycles. The fourth-order valence-corrected chi connectivity index (χ4v) is 5.07. The Kier molecular flexibility index (Phi) is 5.55. The molecule has 5 N–H and O–H groups in total. The maximum absolute atomic E-state index is 13.2. The predicted molar refractivity (Wildman–Crippen MR) is 129 cm³/mol. The number of nitrogen functional groups attached to an aromatic ring is 1. The second-order valence-electron chi connectivity index (χ2n) is 9.82. The van der Waals surface area contributed by atoms with Gasteiger partial charge in [-0.2, -0.15) is 5.10 Å². The monoisotopic (exact) mass is 459 g/mol. The zero-order valence-electron chi connectivity index (χ0n) is 19.4. The molecule has 2 aliphatic carbocycles. The lowest BCUT2D eigenvalue weighted by molar-refractivity contribution is 0.0927. The van der Waals surface area contributed by atoms with Gasteiger partial charge in [0.05, 0.1) is 5.69 Å². The van der Waals surface area contributed by atoms with Crippen molar-refractivity contribution in [1.29, 1.82) is 0 Å². The van der Waals surface area contributed by atoms with Gasteiger partial charge in [-0.15, -0.1) is 0 Å². The van der Waals surface area contributed by atoms with Crippen molar-refractivity contribution >= 4 is 23.5 Å². The number of amides is 2. The predicted octanol–water partition coefficient (Wildman–Crippen LogP) is 3.60. The summed E-state index contributed by atoms with van der Waals surface area (Å²) in [5.41, 5.74) is 10.1. The van der Waals surface area contributed by atoms with Crippen molar-refractivity contribution in [2.24, 2.45) is 0 Å². The van der Waals surface area contributed by atoms with E-state index in [0.717, 1.165) is 36.8 Å². The zero-order chi connectivity index (χ0) is 23.9. The van der Waals surface area contributed by atoms with E-state index in [1.54, 1.807) is 30.5 Å². The normalized spacial score (nSPS) is 16.9. The van der Waals surface area contributed by atoms with Crippen molar-refractivity contribution in [3.05, 3.63) is 52.8 Å². The van der Waals surface area contributed by atoms with Crippen LogP contribution in [0.4, 0.5) is 11.6 Å². The Morgan fingerprint density at radius 2 is 1.79 bits per heavy atom. The molecule has 0 unspecified atom stereocenters. The van der Waals surface area contributed by atoms with E-state index < -0.39 is 0 Å². The zero-order valence-corrected chi connectivity index (χ0v) is 19.4. The summed E-state index contributed by atoms with van der Waals surface area (Å²) in [6.45, 7) is 4.13. The van der Waals surface area contributed by atoms with Crippen molar-refractivity contribution < 1.29 is 9.59 Å². The molecular weight excluding hydrogens is 430 g/mol. The van der Waals surface area contributed by atoms with Gasteiger partial charge in [0, 0.05) is 29.1 Å². The van der Waals surface area contributed by atoms with Crippen LogP contribution in [-0.4, -0.2) is 38.0 Å². The summed E-state index contributed by atoms with van der Waals surface area (Å²) < 4.78 is 0. The van der Waals surface area contributed by atoms with Gasteiger partial charge in [-0.1, -0.05) is 33.1 Å². The minimum atomic E-state index is -0.345. The molecular formula is C25H29N7O2. The van der Waals surface area contributed by atoms with Gasteiger partial charge in [-0.25, -0.2) is 9.97 Å². The number of benzene rings is 1. The second kappa shape index (κ2) is 8.55. The van der Waals surface area contributed by atoms with Gasteiger partial charge in [-0.05, 0) is 54.5 Å². The highest BCUT2D eigenvalue weighted by molar-refractivity contribution is 6.05. The molecule has 0 saturated heterocycles. The number of hydrogen-bond donors (Lipinski definition) is 4. The SMILES string of the molecule is CC1(C)Cc2cnc(N)nc2-c2n[nH]c(C(=O)Nc3ccc(C(=O)NC4CCCCC4)cc3)c21.